The molecule has 6 nitrogen and oxygen atoms in total. The summed E-state index contributed by atoms with van der Waals surface area (Å²) in [6.45, 7) is 1.93. The Morgan fingerprint density at radius 1 is 1.35 bits per heavy atom. The van der Waals surface area contributed by atoms with Gasteiger partial charge in [0, 0.05) is 18.3 Å². The summed E-state index contributed by atoms with van der Waals surface area (Å²) in [6.07, 6.45) is 1.06. The van der Waals surface area contributed by atoms with E-state index in [1.807, 2.05) is 6.07 Å². The van der Waals surface area contributed by atoms with Crippen LogP contribution in [0, 0.1) is 0 Å². The van der Waals surface area contributed by atoms with Crippen molar-refractivity contribution in [2.24, 2.45) is 5.14 Å². The first-order valence-corrected chi connectivity index (χ1v) is 6.95. The smallest absolute Gasteiger partial charge is 0.296 e. The fourth-order valence-corrected chi connectivity index (χ4v) is 2.31. The van der Waals surface area contributed by atoms with Crippen LogP contribution in [0.15, 0.2) is 24.3 Å². The number of rotatable bonds is 4. The molecule has 1 unspecified atom stereocenters. The third-order valence-electron chi connectivity index (χ3n) is 2.55. The number of hydrogen-bond acceptors (Lipinski definition) is 4. The van der Waals surface area contributed by atoms with Gasteiger partial charge in [-0.2, -0.15) is 8.42 Å². The van der Waals surface area contributed by atoms with Gasteiger partial charge in [-0.25, -0.2) is 5.14 Å². The van der Waals surface area contributed by atoms with Crippen molar-refractivity contribution in [3.05, 3.63) is 24.3 Å². The van der Waals surface area contributed by atoms with Crippen molar-refractivity contribution in [1.82, 2.24) is 5.32 Å². The van der Waals surface area contributed by atoms with Gasteiger partial charge in [0.2, 0.25) is 0 Å². The molecule has 1 aliphatic rings. The fourth-order valence-electron chi connectivity index (χ4n) is 1.85. The predicted molar refractivity (Wildman–Crippen MR) is 68.1 cm³/mol. The lowest BCUT2D eigenvalue weighted by Crippen LogP contribution is -2.23. The third-order valence-corrected chi connectivity index (χ3v) is 3.07. The van der Waals surface area contributed by atoms with Crippen LogP contribution in [0.1, 0.15) is 6.42 Å². The molecular formula is C10H16N4O2S. The van der Waals surface area contributed by atoms with Crippen LogP contribution in [0.4, 0.5) is 11.4 Å². The average Bonchev–Trinajstić information content (AvgIpc) is 2.68. The molecule has 5 N–H and O–H groups in total. The summed E-state index contributed by atoms with van der Waals surface area (Å²) in [6, 6.07) is 7.44. The Morgan fingerprint density at radius 3 is 2.76 bits per heavy atom. The average molecular weight is 256 g/mol. The van der Waals surface area contributed by atoms with Crippen LogP contribution < -0.4 is 20.5 Å². The van der Waals surface area contributed by atoms with Crippen LogP contribution in [0.2, 0.25) is 0 Å². The minimum absolute atomic E-state index is 0.389. The minimum Gasteiger partial charge on any atom is -0.381 e. The quantitative estimate of drug-likeness (QED) is 0.613. The summed E-state index contributed by atoms with van der Waals surface area (Å²) >= 11 is 0. The highest BCUT2D eigenvalue weighted by Gasteiger charge is 2.13. The Hall–Kier alpha value is -1.31. The summed E-state index contributed by atoms with van der Waals surface area (Å²) < 4.78 is 24.0. The summed E-state index contributed by atoms with van der Waals surface area (Å²) in [4.78, 5) is 0. The van der Waals surface area contributed by atoms with E-state index in [9.17, 15) is 8.42 Å². The second kappa shape index (κ2) is 4.91. The highest BCUT2D eigenvalue weighted by atomic mass is 32.2. The lowest BCUT2D eigenvalue weighted by Gasteiger charge is -2.13. The van der Waals surface area contributed by atoms with Gasteiger partial charge in [0.05, 0.1) is 5.69 Å². The first-order chi connectivity index (χ1) is 8.03. The molecule has 0 spiro atoms. The topological polar surface area (TPSA) is 96.2 Å². The zero-order valence-corrected chi connectivity index (χ0v) is 10.1. The number of nitrogens with two attached hydrogens (primary N) is 1. The highest BCUT2D eigenvalue weighted by molar-refractivity contribution is 7.90. The highest BCUT2D eigenvalue weighted by Crippen LogP contribution is 2.17. The van der Waals surface area contributed by atoms with Crippen LogP contribution in [0.5, 0.6) is 0 Å². The van der Waals surface area contributed by atoms with Crippen molar-refractivity contribution in [1.29, 1.82) is 0 Å². The first-order valence-electron chi connectivity index (χ1n) is 5.41. The molecule has 0 radical (unpaired) electrons. The van der Waals surface area contributed by atoms with Crippen molar-refractivity contribution in [3.63, 3.8) is 0 Å². The summed E-state index contributed by atoms with van der Waals surface area (Å²) in [5, 5.41) is 11.5. The van der Waals surface area contributed by atoms with Crippen molar-refractivity contribution in [3.8, 4) is 0 Å². The summed E-state index contributed by atoms with van der Waals surface area (Å²) in [7, 11) is -3.71. The van der Waals surface area contributed by atoms with Gasteiger partial charge in [-0.05, 0) is 31.2 Å². The van der Waals surface area contributed by atoms with Gasteiger partial charge >= 0.3 is 0 Å². The summed E-state index contributed by atoms with van der Waals surface area (Å²) in [5.74, 6) is 0. The molecule has 7 heteroatoms. The Morgan fingerprint density at radius 2 is 2.12 bits per heavy atom. The normalized spacial score (nSPS) is 20.2. The van der Waals surface area contributed by atoms with Crippen molar-refractivity contribution in [2.45, 2.75) is 12.5 Å². The molecule has 0 aliphatic carbocycles. The van der Waals surface area contributed by atoms with E-state index in [1.165, 1.54) is 0 Å². The maximum atomic E-state index is 10.9. The lowest BCUT2D eigenvalue weighted by molar-refractivity contribution is 0.603. The van der Waals surface area contributed by atoms with E-state index < -0.39 is 10.2 Å². The number of nitrogens with one attached hydrogen (secondary N) is 3. The molecule has 17 heavy (non-hydrogen) atoms. The van der Waals surface area contributed by atoms with E-state index in [-0.39, 0.29) is 0 Å². The number of benzene rings is 1. The number of hydrogen-bond donors (Lipinski definition) is 4. The maximum Gasteiger partial charge on any atom is 0.296 e. The van der Waals surface area contributed by atoms with Gasteiger partial charge in [0.1, 0.15) is 0 Å². The SMILES string of the molecule is NS(=O)(=O)Nc1cccc(NC2CCNC2)c1. The molecular weight excluding hydrogens is 240 g/mol. The third kappa shape index (κ3) is 3.88. The van der Waals surface area contributed by atoms with Crippen molar-refractivity contribution in [2.75, 3.05) is 23.1 Å². The van der Waals surface area contributed by atoms with Crippen molar-refractivity contribution >= 4 is 21.6 Å². The molecule has 1 heterocycles. The van der Waals surface area contributed by atoms with E-state index in [4.69, 9.17) is 5.14 Å². The van der Waals surface area contributed by atoms with E-state index in [1.54, 1.807) is 18.2 Å². The van der Waals surface area contributed by atoms with E-state index in [0.717, 1.165) is 25.2 Å². The van der Waals surface area contributed by atoms with Crippen LogP contribution in [0.3, 0.4) is 0 Å². The monoisotopic (exact) mass is 256 g/mol. The Kier molecular flexibility index (Phi) is 3.51. The molecule has 1 aliphatic heterocycles. The van der Waals surface area contributed by atoms with Crippen LogP contribution >= 0.6 is 0 Å². The standard InChI is InChI=1S/C10H16N4O2S/c11-17(15,16)14-9-3-1-2-8(6-9)13-10-4-5-12-7-10/h1-3,6,10,12-14H,4-5,7H2,(H2,11,15,16). The van der Waals surface area contributed by atoms with Gasteiger partial charge in [-0.3, -0.25) is 4.72 Å². The van der Waals surface area contributed by atoms with Gasteiger partial charge < -0.3 is 10.6 Å². The molecule has 2 rings (SSSR count). The molecule has 0 aromatic heterocycles. The van der Waals surface area contributed by atoms with E-state index >= 15 is 0 Å². The fraction of sp³-hybridized carbons (Fsp3) is 0.400. The van der Waals surface area contributed by atoms with Gasteiger partial charge in [0.15, 0.2) is 0 Å². The minimum atomic E-state index is -3.71. The molecule has 1 aromatic carbocycles. The molecule has 1 saturated heterocycles. The van der Waals surface area contributed by atoms with Crippen LogP contribution in [0.25, 0.3) is 0 Å². The van der Waals surface area contributed by atoms with Gasteiger partial charge in [0.25, 0.3) is 10.2 Å². The van der Waals surface area contributed by atoms with Gasteiger partial charge in [-0.15, -0.1) is 0 Å². The lowest BCUT2D eigenvalue weighted by atomic mass is 10.2. The second-order valence-corrected chi connectivity index (χ2v) is 5.36. The number of anilines is 2. The Bertz CT molecular complexity index is 483. The molecule has 0 amide bonds. The first kappa shape index (κ1) is 12.2. The molecule has 1 atom stereocenters. The van der Waals surface area contributed by atoms with Gasteiger partial charge in [-0.1, -0.05) is 6.07 Å². The van der Waals surface area contributed by atoms with Crippen LogP contribution in [-0.4, -0.2) is 27.5 Å². The summed E-state index contributed by atoms with van der Waals surface area (Å²) in [5.41, 5.74) is 1.34. The molecule has 0 saturated carbocycles. The molecule has 94 valence electrons. The van der Waals surface area contributed by atoms with Crippen molar-refractivity contribution < 1.29 is 8.42 Å². The predicted octanol–water partition coefficient (Wildman–Crippen LogP) is 0.0758. The zero-order valence-electron chi connectivity index (χ0n) is 9.31. The second-order valence-electron chi connectivity index (χ2n) is 4.06. The zero-order chi connectivity index (χ0) is 12.3. The largest absolute Gasteiger partial charge is 0.381 e. The maximum absolute atomic E-state index is 10.9. The molecule has 1 aromatic rings. The van der Waals surface area contributed by atoms with E-state index in [2.05, 4.69) is 15.4 Å². The Labute approximate surface area is 101 Å². The molecule has 0 bridgehead atoms. The molecule has 1 fully saturated rings. The Balaban J connectivity index is 2.05. The van der Waals surface area contributed by atoms with Crippen LogP contribution in [-0.2, 0) is 10.2 Å². The van der Waals surface area contributed by atoms with E-state index in [0.29, 0.717) is 11.7 Å².